The predicted octanol–water partition coefficient (Wildman–Crippen LogP) is 3.29. The summed E-state index contributed by atoms with van der Waals surface area (Å²) in [5.74, 6) is -0.369. The summed E-state index contributed by atoms with van der Waals surface area (Å²) in [6.07, 6.45) is 3.76. The molecule has 0 aliphatic carbocycles. The van der Waals surface area contributed by atoms with Crippen LogP contribution in [0.25, 0.3) is 17.1 Å². The van der Waals surface area contributed by atoms with Crippen molar-refractivity contribution in [1.29, 1.82) is 0 Å². The molecular weight excluding hydrogens is 446 g/mol. The van der Waals surface area contributed by atoms with Crippen LogP contribution in [0.4, 0.5) is 11.5 Å². The van der Waals surface area contributed by atoms with E-state index in [0.29, 0.717) is 11.3 Å². The molecule has 2 aromatic heterocycles. The molecule has 2 heterocycles. The summed E-state index contributed by atoms with van der Waals surface area (Å²) in [6, 6.07) is 17.2. The molecule has 0 spiro atoms. The lowest BCUT2D eigenvalue weighted by Gasteiger charge is -2.23. The van der Waals surface area contributed by atoms with Gasteiger partial charge in [0.15, 0.2) is 5.69 Å². The molecule has 3 N–H and O–H groups in total. The lowest BCUT2D eigenvalue weighted by atomic mass is 10.1. The molecule has 4 rings (SSSR count). The van der Waals surface area contributed by atoms with Gasteiger partial charge < -0.3 is 10.6 Å². The van der Waals surface area contributed by atoms with Crippen molar-refractivity contribution in [1.82, 2.24) is 30.7 Å². The van der Waals surface area contributed by atoms with Gasteiger partial charge in [0.2, 0.25) is 11.6 Å². The highest BCUT2D eigenvalue weighted by molar-refractivity contribution is 5.98. The van der Waals surface area contributed by atoms with E-state index < -0.39 is 5.91 Å². The zero-order valence-corrected chi connectivity index (χ0v) is 19.6. The van der Waals surface area contributed by atoms with Gasteiger partial charge in [0.1, 0.15) is 5.69 Å². The van der Waals surface area contributed by atoms with Gasteiger partial charge in [-0.3, -0.25) is 4.79 Å². The average Bonchev–Trinajstić information content (AvgIpc) is 3.51. The lowest BCUT2D eigenvalue weighted by molar-refractivity contribution is 0.0950. The Morgan fingerprint density at radius 2 is 1.80 bits per heavy atom. The number of benzene rings is 2. The smallest absolute Gasteiger partial charge is 0.294 e. The third-order valence-corrected chi connectivity index (χ3v) is 5.25. The zero-order chi connectivity index (χ0) is 24.6. The monoisotopic (exact) mass is 473 g/mol. The molecule has 0 atom stereocenters. The minimum absolute atomic E-state index is 0.0250. The quantitative estimate of drug-likeness (QED) is 0.264. The van der Waals surface area contributed by atoms with Crippen LogP contribution in [-0.4, -0.2) is 50.5 Å². The summed E-state index contributed by atoms with van der Waals surface area (Å²) in [5.41, 5.74) is 11.5. The van der Waals surface area contributed by atoms with Gasteiger partial charge in [-0.15, -0.1) is 5.10 Å². The number of carbonyl (C=O) groups is 1. The summed E-state index contributed by atoms with van der Waals surface area (Å²) in [5, 5.41) is 19.5. The van der Waals surface area contributed by atoms with E-state index in [9.17, 15) is 4.79 Å². The Bertz CT molecular complexity index is 1270. The topological polar surface area (TPSA) is 140 Å². The number of nitrogens with zero attached hydrogens (tertiary/aromatic N) is 7. The summed E-state index contributed by atoms with van der Waals surface area (Å²) in [6.45, 7) is 6.37. The Balaban J connectivity index is 1.53. The molecule has 4 aromatic rings. The number of hydrazone groups is 1. The molecule has 0 aliphatic heterocycles. The van der Waals surface area contributed by atoms with Gasteiger partial charge in [0, 0.05) is 24.3 Å². The zero-order valence-electron chi connectivity index (χ0n) is 19.6. The predicted molar refractivity (Wildman–Crippen MR) is 133 cm³/mol. The number of nitrogen functional groups attached to an aromatic ring is 1. The molecule has 35 heavy (non-hydrogen) atoms. The molecule has 11 heteroatoms. The van der Waals surface area contributed by atoms with Crippen LogP contribution in [0, 0.1) is 0 Å². The SMILES string of the molecule is CCCN(CCC)c1ccc(C=NNC(=O)c2nnn(-c3nonc3N)c2-c2ccccc2)cc1. The molecule has 0 saturated heterocycles. The summed E-state index contributed by atoms with van der Waals surface area (Å²) >= 11 is 0. The van der Waals surface area contributed by atoms with Gasteiger partial charge in [-0.25, -0.2) is 10.1 Å². The number of nitrogens with one attached hydrogen (secondary N) is 1. The van der Waals surface area contributed by atoms with Gasteiger partial charge in [-0.05, 0) is 40.9 Å². The summed E-state index contributed by atoms with van der Waals surface area (Å²) in [4.78, 5) is 15.3. The van der Waals surface area contributed by atoms with Crippen molar-refractivity contribution in [2.75, 3.05) is 23.7 Å². The van der Waals surface area contributed by atoms with E-state index in [0.717, 1.165) is 31.5 Å². The van der Waals surface area contributed by atoms with Gasteiger partial charge in [0.25, 0.3) is 5.91 Å². The van der Waals surface area contributed by atoms with Crippen LogP contribution in [0.2, 0.25) is 0 Å². The van der Waals surface area contributed by atoms with Crippen LogP contribution in [-0.2, 0) is 0 Å². The number of aromatic nitrogens is 5. The second-order valence-corrected chi connectivity index (χ2v) is 7.82. The van der Waals surface area contributed by atoms with E-state index in [2.05, 4.69) is 66.7 Å². The van der Waals surface area contributed by atoms with Gasteiger partial charge >= 0.3 is 0 Å². The number of amides is 1. The van der Waals surface area contributed by atoms with Gasteiger partial charge in [0.05, 0.1) is 6.21 Å². The number of anilines is 2. The molecule has 0 fully saturated rings. The summed E-state index contributed by atoms with van der Waals surface area (Å²) < 4.78 is 6.00. The van der Waals surface area contributed by atoms with Gasteiger partial charge in [-0.2, -0.15) is 9.78 Å². The third-order valence-electron chi connectivity index (χ3n) is 5.25. The van der Waals surface area contributed by atoms with Crippen LogP contribution < -0.4 is 16.1 Å². The number of hydrogen-bond acceptors (Lipinski definition) is 9. The molecule has 0 radical (unpaired) electrons. The second-order valence-electron chi connectivity index (χ2n) is 7.82. The fraction of sp³-hybridized carbons (Fsp3) is 0.250. The van der Waals surface area contributed by atoms with E-state index in [4.69, 9.17) is 5.73 Å². The molecule has 0 bridgehead atoms. The molecule has 0 aliphatic rings. The van der Waals surface area contributed by atoms with E-state index in [-0.39, 0.29) is 17.3 Å². The fourth-order valence-corrected chi connectivity index (χ4v) is 3.68. The Morgan fingerprint density at radius 3 is 2.43 bits per heavy atom. The fourth-order valence-electron chi connectivity index (χ4n) is 3.68. The largest absolute Gasteiger partial charge is 0.378 e. The molecule has 11 nitrogen and oxygen atoms in total. The Hall–Kier alpha value is -4.54. The minimum Gasteiger partial charge on any atom is -0.378 e. The second kappa shape index (κ2) is 11.1. The molecular formula is C24H27N9O2. The maximum absolute atomic E-state index is 12.9. The average molecular weight is 474 g/mol. The Labute approximate surface area is 202 Å². The molecule has 0 saturated carbocycles. The first-order chi connectivity index (χ1) is 17.1. The van der Waals surface area contributed by atoms with Crippen molar-refractivity contribution in [3.63, 3.8) is 0 Å². The van der Waals surface area contributed by atoms with E-state index in [1.54, 1.807) is 6.21 Å². The van der Waals surface area contributed by atoms with Crippen molar-refractivity contribution >= 4 is 23.6 Å². The van der Waals surface area contributed by atoms with Crippen LogP contribution in [0.3, 0.4) is 0 Å². The highest BCUT2D eigenvalue weighted by atomic mass is 16.6. The molecule has 1 amide bonds. The first-order valence-electron chi connectivity index (χ1n) is 11.4. The minimum atomic E-state index is -0.532. The van der Waals surface area contributed by atoms with Crippen LogP contribution in [0.1, 0.15) is 42.7 Å². The van der Waals surface area contributed by atoms with E-state index in [1.165, 1.54) is 10.4 Å². The van der Waals surface area contributed by atoms with Gasteiger partial charge in [-0.1, -0.05) is 61.5 Å². The maximum atomic E-state index is 12.9. The molecule has 2 aromatic carbocycles. The van der Waals surface area contributed by atoms with Crippen molar-refractivity contribution in [3.05, 3.63) is 65.9 Å². The number of carbonyl (C=O) groups excluding carboxylic acids is 1. The lowest BCUT2D eigenvalue weighted by Crippen LogP contribution is -2.24. The first kappa shape index (κ1) is 23.6. The van der Waals surface area contributed by atoms with Crippen molar-refractivity contribution in [2.24, 2.45) is 5.10 Å². The first-order valence-corrected chi connectivity index (χ1v) is 11.4. The standard InChI is InChI=1S/C24H27N9O2/c1-3-14-32(15-4-2)19-12-10-17(11-13-19)16-26-28-24(34)20-21(18-8-6-5-7-9-18)33(31-27-20)23-22(25)29-35-30-23/h5-13,16H,3-4,14-15H2,1-2H3,(H2,25,29)(H,28,34). The number of nitrogens with two attached hydrogens (primary N) is 1. The van der Waals surface area contributed by atoms with E-state index >= 15 is 0 Å². The Morgan fingerprint density at radius 1 is 1.09 bits per heavy atom. The number of hydrogen-bond donors (Lipinski definition) is 2. The van der Waals surface area contributed by atoms with Crippen LogP contribution >= 0.6 is 0 Å². The van der Waals surface area contributed by atoms with E-state index in [1.807, 2.05) is 42.5 Å². The number of rotatable bonds is 10. The highest BCUT2D eigenvalue weighted by Crippen LogP contribution is 2.26. The third kappa shape index (κ3) is 5.35. The van der Waals surface area contributed by atoms with Crippen molar-refractivity contribution in [2.45, 2.75) is 26.7 Å². The molecule has 0 unspecified atom stereocenters. The van der Waals surface area contributed by atoms with Crippen molar-refractivity contribution < 1.29 is 9.42 Å². The normalized spacial score (nSPS) is 11.1. The van der Waals surface area contributed by atoms with Crippen molar-refractivity contribution in [3.8, 4) is 17.1 Å². The Kier molecular flexibility index (Phi) is 7.46. The van der Waals surface area contributed by atoms with Crippen LogP contribution in [0.5, 0.6) is 0 Å². The maximum Gasteiger partial charge on any atom is 0.294 e. The highest BCUT2D eigenvalue weighted by Gasteiger charge is 2.25. The molecule has 180 valence electrons. The summed E-state index contributed by atoms with van der Waals surface area (Å²) in [7, 11) is 0. The van der Waals surface area contributed by atoms with Crippen LogP contribution in [0.15, 0.2) is 64.3 Å².